The predicted octanol–water partition coefficient (Wildman–Crippen LogP) is 3.20. The lowest BCUT2D eigenvalue weighted by atomic mass is 10.1. The van der Waals surface area contributed by atoms with Crippen LogP contribution in [0.3, 0.4) is 0 Å². The highest BCUT2D eigenvalue weighted by Crippen LogP contribution is 2.18. The molecule has 0 radical (unpaired) electrons. The minimum Gasteiger partial charge on any atom is -0.244 e. The van der Waals surface area contributed by atoms with E-state index < -0.39 is 0 Å². The van der Waals surface area contributed by atoms with E-state index in [4.69, 9.17) is 0 Å². The van der Waals surface area contributed by atoms with E-state index in [-0.39, 0.29) is 0 Å². The van der Waals surface area contributed by atoms with Crippen molar-refractivity contribution in [2.75, 3.05) is 0 Å². The molecule has 0 fully saturated rings. The van der Waals surface area contributed by atoms with Crippen molar-refractivity contribution in [3.8, 4) is 5.82 Å². The minimum absolute atomic E-state index is 0.399. The van der Waals surface area contributed by atoms with Gasteiger partial charge in [-0.05, 0) is 12.0 Å². The molecule has 0 saturated carbocycles. The van der Waals surface area contributed by atoms with Crippen molar-refractivity contribution in [2.45, 2.75) is 40.0 Å². The number of rotatable bonds is 2. The first kappa shape index (κ1) is 13.4. The van der Waals surface area contributed by atoms with Crippen LogP contribution in [0.5, 0.6) is 0 Å². The van der Waals surface area contributed by atoms with Crippen LogP contribution in [0.2, 0.25) is 0 Å². The summed E-state index contributed by atoms with van der Waals surface area (Å²) in [5.41, 5.74) is 1.11. The zero-order valence-corrected chi connectivity index (χ0v) is 11.0. The lowest BCUT2D eigenvalue weighted by Crippen LogP contribution is -2.04. The number of hydrogen-bond donors (Lipinski definition) is 0. The van der Waals surface area contributed by atoms with Gasteiger partial charge in [0, 0.05) is 24.2 Å². The molecule has 17 heavy (non-hydrogen) atoms. The van der Waals surface area contributed by atoms with Gasteiger partial charge in [-0.2, -0.15) is 5.10 Å². The third-order valence-electron chi connectivity index (χ3n) is 2.06. The van der Waals surface area contributed by atoms with Crippen LogP contribution in [-0.4, -0.2) is 19.7 Å². The molecule has 0 N–H and O–H groups in total. The van der Waals surface area contributed by atoms with Gasteiger partial charge in [-0.15, -0.1) is 0 Å². The molecule has 0 bridgehead atoms. The van der Waals surface area contributed by atoms with Gasteiger partial charge in [-0.1, -0.05) is 34.1 Å². The van der Waals surface area contributed by atoms with Crippen LogP contribution in [0.1, 0.15) is 45.6 Å². The van der Waals surface area contributed by atoms with Crippen molar-refractivity contribution >= 4 is 0 Å². The Bertz CT molecular complexity index is 421. The molecular formula is C13H20N4. The lowest BCUT2D eigenvalue weighted by Gasteiger charge is -2.09. The molecule has 0 atom stereocenters. The van der Waals surface area contributed by atoms with Crippen LogP contribution >= 0.6 is 0 Å². The maximum absolute atomic E-state index is 4.23. The van der Waals surface area contributed by atoms with Gasteiger partial charge >= 0.3 is 0 Å². The zero-order chi connectivity index (χ0) is 12.7. The summed E-state index contributed by atoms with van der Waals surface area (Å²) in [7, 11) is 0. The molecule has 0 aliphatic carbocycles. The molecule has 0 saturated heterocycles. The van der Waals surface area contributed by atoms with Crippen LogP contribution in [-0.2, 0) is 0 Å². The average Bonchev–Trinajstić information content (AvgIpc) is 2.83. The normalized spacial score (nSPS) is 9.94. The molecular weight excluding hydrogens is 212 g/mol. The largest absolute Gasteiger partial charge is 0.244 e. The van der Waals surface area contributed by atoms with Crippen LogP contribution in [0.4, 0.5) is 0 Å². The first-order valence-electron chi connectivity index (χ1n) is 6.00. The van der Waals surface area contributed by atoms with Crippen molar-refractivity contribution in [1.82, 2.24) is 19.7 Å². The molecule has 2 heterocycles. The van der Waals surface area contributed by atoms with E-state index in [0.29, 0.717) is 5.92 Å². The molecule has 2 rings (SSSR count). The fourth-order valence-corrected chi connectivity index (χ4v) is 1.33. The average molecular weight is 232 g/mol. The predicted molar refractivity (Wildman–Crippen MR) is 69.2 cm³/mol. The van der Waals surface area contributed by atoms with Crippen LogP contribution in [0.25, 0.3) is 5.82 Å². The first-order chi connectivity index (χ1) is 8.20. The van der Waals surface area contributed by atoms with Crippen molar-refractivity contribution < 1.29 is 0 Å². The summed E-state index contributed by atoms with van der Waals surface area (Å²) >= 11 is 0. The van der Waals surface area contributed by atoms with Gasteiger partial charge in [-0.3, -0.25) is 0 Å². The summed E-state index contributed by atoms with van der Waals surface area (Å²) in [6.45, 7) is 8.48. The molecule has 4 heteroatoms. The standard InChI is InChI=1S/C10H12N4.C3H8/c1-8(2)9-6-11-7-12-10(9)14-5-3-4-13-14;1-3-2/h3-8H,1-2H3;3H2,1-2H3. The zero-order valence-electron chi connectivity index (χ0n) is 11.0. The van der Waals surface area contributed by atoms with E-state index in [1.165, 1.54) is 6.42 Å². The fraction of sp³-hybridized carbons (Fsp3) is 0.462. The minimum atomic E-state index is 0.399. The van der Waals surface area contributed by atoms with Crippen molar-refractivity contribution in [3.63, 3.8) is 0 Å². The van der Waals surface area contributed by atoms with E-state index in [1.807, 2.05) is 18.5 Å². The van der Waals surface area contributed by atoms with Gasteiger partial charge in [0.05, 0.1) is 0 Å². The Kier molecular flexibility index (Phi) is 5.33. The molecule has 0 aromatic carbocycles. The monoisotopic (exact) mass is 232 g/mol. The van der Waals surface area contributed by atoms with Crippen LogP contribution in [0.15, 0.2) is 31.0 Å². The molecule has 0 spiro atoms. The van der Waals surface area contributed by atoms with Gasteiger partial charge in [0.1, 0.15) is 6.33 Å². The van der Waals surface area contributed by atoms with Gasteiger partial charge in [0.25, 0.3) is 0 Å². The summed E-state index contributed by atoms with van der Waals surface area (Å²) in [6.07, 6.45) is 8.26. The molecule has 2 aromatic rings. The topological polar surface area (TPSA) is 43.6 Å². The molecule has 4 nitrogen and oxygen atoms in total. The van der Waals surface area contributed by atoms with E-state index in [9.17, 15) is 0 Å². The molecule has 2 aromatic heterocycles. The highest BCUT2D eigenvalue weighted by Gasteiger charge is 2.09. The quantitative estimate of drug-likeness (QED) is 0.798. The van der Waals surface area contributed by atoms with E-state index in [1.54, 1.807) is 17.2 Å². The van der Waals surface area contributed by atoms with Crippen LogP contribution in [0, 0.1) is 0 Å². The smallest absolute Gasteiger partial charge is 0.160 e. The second-order valence-corrected chi connectivity index (χ2v) is 4.11. The van der Waals surface area contributed by atoms with Gasteiger partial charge < -0.3 is 0 Å². The van der Waals surface area contributed by atoms with E-state index in [2.05, 4.69) is 42.8 Å². The highest BCUT2D eigenvalue weighted by atomic mass is 15.3. The number of aromatic nitrogens is 4. The highest BCUT2D eigenvalue weighted by molar-refractivity contribution is 5.32. The van der Waals surface area contributed by atoms with Crippen molar-refractivity contribution in [3.05, 3.63) is 36.5 Å². The molecule has 92 valence electrons. The first-order valence-corrected chi connectivity index (χ1v) is 6.00. The number of hydrogen-bond acceptors (Lipinski definition) is 3. The Morgan fingerprint density at radius 2 is 2.00 bits per heavy atom. The third-order valence-corrected chi connectivity index (χ3v) is 2.06. The Hall–Kier alpha value is -1.71. The fourth-order valence-electron chi connectivity index (χ4n) is 1.33. The second kappa shape index (κ2) is 6.78. The Balaban J connectivity index is 0.000000437. The number of nitrogens with zero attached hydrogens (tertiary/aromatic N) is 4. The Labute approximate surface area is 103 Å². The summed E-state index contributed by atoms with van der Waals surface area (Å²) in [4.78, 5) is 8.26. The van der Waals surface area contributed by atoms with E-state index >= 15 is 0 Å². The molecule has 0 amide bonds. The van der Waals surface area contributed by atoms with Gasteiger partial charge in [-0.25, -0.2) is 14.6 Å². The van der Waals surface area contributed by atoms with Gasteiger partial charge in [0.15, 0.2) is 5.82 Å². The third kappa shape index (κ3) is 3.66. The summed E-state index contributed by atoms with van der Waals surface area (Å²) in [6, 6.07) is 1.88. The van der Waals surface area contributed by atoms with Crippen molar-refractivity contribution in [1.29, 1.82) is 0 Å². The molecule has 0 aliphatic heterocycles. The van der Waals surface area contributed by atoms with E-state index in [0.717, 1.165) is 11.4 Å². The summed E-state index contributed by atoms with van der Waals surface area (Å²) in [5, 5.41) is 4.16. The summed E-state index contributed by atoms with van der Waals surface area (Å²) in [5.74, 6) is 1.26. The summed E-state index contributed by atoms with van der Waals surface area (Å²) < 4.78 is 1.76. The molecule has 0 aliphatic rings. The lowest BCUT2D eigenvalue weighted by molar-refractivity contribution is 0.772. The maximum Gasteiger partial charge on any atom is 0.160 e. The SMILES string of the molecule is CC(C)c1cncnc1-n1cccn1.CCC. The Morgan fingerprint density at radius 1 is 1.29 bits per heavy atom. The molecule has 0 unspecified atom stereocenters. The van der Waals surface area contributed by atoms with Crippen molar-refractivity contribution in [2.24, 2.45) is 0 Å². The van der Waals surface area contributed by atoms with Crippen LogP contribution < -0.4 is 0 Å². The van der Waals surface area contributed by atoms with Gasteiger partial charge in [0.2, 0.25) is 0 Å². The Morgan fingerprint density at radius 3 is 2.53 bits per heavy atom. The maximum atomic E-state index is 4.23. The second-order valence-electron chi connectivity index (χ2n) is 4.11.